The smallest absolute Gasteiger partial charge is 0.228 e. The van der Waals surface area contributed by atoms with E-state index in [4.69, 9.17) is 0 Å². The summed E-state index contributed by atoms with van der Waals surface area (Å²) in [4.78, 5) is 20.5. The van der Waals surface area contributed by atoms with Crippen LogP contribution in [-0.2, 0) is 11.2 Å². The van der Waals surface area contributed by atoms with Gasteiger partial charge in [-0.25, -0.2) is 9.97 Å². The number of carbonyl (C=O) groups is 1. The average Bonchev–Trinajstić information content (AvgIpc) is 2.56. The third kappa shape index (κ3) is 4.01. The molecule has 23 heavy (non-hydrogen) atoms. The van der Waals surface area contributed by atoms with E-state index < -0.39 is 0 Å². The molecular formula is C19H17N3O. The Labute approximate surface area is 135 Å². The number of aromatic nitrogens is 2. The minimum Gasteiger partial charge on any atom is -0.326 e. The Kier molecular flexibility index (Phi) is 4.43. The zero-order valence-corrected chi connectivity index (χ0v) is 12.9. The SMILES string of the molecule is Cc1nccc(-c2ccc(NC(=O)Cc3ccccc3)cc2)n1. The van der Waals surface area contributed by atoms with Crippen LogP contribution in [0.5, 0.6) is 0 Å². The van der Waals surface area contributed by atoms with Gasteiger partial charge in [-0.2, -0.15) is 0 Å². The molecule has 0 bridgehead atoms. The van der Waals surface area contributed by atoms with Gasteiger partial charge in [0.15, 0.2) is 0 Å². The van der Waals surface area contributed by atoms with E-state index in [9.17, 15) is 4.79 Å². The molecule has 0 saturated carbocycles. The van der Waals surface area contributed by atoms with Crippen LogP contribution in [0, 0.1) is 6.92 Å². The molecule has 0 unspecified atom stereocenters. The number of amides is 1. The summed E-state index contributed by atoms with van der Waals surface area (Å²) in [5.41, 5.74) is 3.65. The number of hydrogen-bond donors (Lipinski definition) is 1. The molecular weight excluding hydrogens is 286 g/mol. The van der Waals surface area contributed by atoms with E-state index in [0.717, 1.165) is 28.3 Å². The maximum absolute atomic E-state index is 12.0. The first-order valence-electron chi connectivity index (χ1n) is 7.44. The van der Waals surface area contributed by atoms with E-state index in [1.807, 2.05) is 67.6 Å². The molecule has 1 heterocycles. The highest BCUT2D eigenvalue weighted by atomic mass is 16.1. The monoisotopic (exact) mass is 303 g/mol. The van der Waals surface area contributed by atoms with E-state index in [0.29, 0.717) is 6.42 Å². The number of nitrogens with zero attached hydrogens (tertiary/aromatic N) is 2. The Morgan fingerprint density at radius 2 is 1.74 bits per heavy atom. The maximum Gasteiger partial charge on any atom is 0.228 e. The second kappa shape index (κ2) is 6.83. The lowest BCUT2D eigenvalue weighted by atomic mass is 10.1. The number of hydrogen-bond acceptors (Lipinski definition) is 3. The van der Waals surface area contributed by atoms with Gasteiger partial charge >= 0.3 is 0 Å². The standard InChI is InChI=1S/C19H17N3O/c1-14-20-12-11-18(21-14)16-7-9-17(10-8-16)22-19(23)13-15-5-3-2-4-6-15/h2-12H,13H2,1H3,(H,22,23). The highest BCUT2D eigenvalue weighted by Crippen LogP contribution is 2.19. The molecule has 0 radical (unpaired) electrons. The van der Waals surface area contributed by atoms with Crippen LogP contribution in [0.2, 0.25) is 0 Å². The fourth-order valence-corrected chi connectivity index (χ4v) is 2.33. The van der Waals surface area contributed by atoms with Crippen LogP contribution in [-0.4, -0.2) is 15.9 Å². The predicted octanol–water partition coefficient (Wildman–Crippen LogP) is 3.63. The zero-order valence-electron chi connectivity index (χ0n) is 12.9. The molecule has 1 aromatic heterocycles. The van der Waals surface area contributed by atoms with Crippen molar-refractivity contribution in [3.05, 3.63) is 78.2 Å². The highest BCUT2D eigenvalue weighted by molar-refractivity contribution is 5.92. The summed E-state index contributed by atoms with van der Waals surface area (Å²) in [6.07, 6.45) is 2.11. The molecule has 1 amide bonds. The van der Waals surface area contributed by atoms with Crippen LogP contribution in [0.4, 0.5) is 5.69 Å². The van der Waals surface area contributed by atoms with Gasteiger partial charge in [-0.05, 0) is 30.7 Å². The summed E-state index contributed by atoms with van der Waals surface area (Å²) >= 11 is 0. The molecule has 3 aromatic rings. The van der Waals surface area contributed by atoms with Crippen molar-refractivity contribution in [2.45, 2.75) is 13.3 Å². The van der Waals surface area contributed by atoms with Gasteiger partial charge in [-0.15, -0.1) is 0 Å². The first-order valence-corrected chi connectivity index (χ1v) is 7.44. The van der Waals surface area contributed by atoms with Crippen molar-refractivity contribution in [3.8, 4) is 11.3 Å². The quantitative estimate of drug-likeness (QED) is 0.800. The topological polar surface area (TPSA) is 54.9 Å². The molecule has 0 aliphatic carbocycles. The van der Waals surface area contributed by atoms with Crippen molar-refractivity contribution < 1.29 is 4.79 Å². The summed E-state index contributed by atoms with van der Waals surface area (Å²) in [6.45, 7) is 1.86. The third-order valence-corrected chi connectivity index (χ3v) is 3.45. The van der Waals surface area contributed by atoms with Gasteiger partial charge in [-0.1, -0.05) is 42.5 Å². The van der Waals surface area contributed by atoms with Gasteiger partial charge in [0.25, 0.3) is 0 Å². The number of aryl methyl sites for hydroxylation is 1. The Bertz CT molecular complexity index is 798. The molecule has 0 fully saturated rings. The second-order valence-corrected chi connectivity index (χ2v) is 5.28. The number of anilines is 1. The van der Waals surface area contributed by atoms with Crippen molar-refractivity contribution in [1.29, 1.82) is 0 Å². The summed E-state index contributed by atoms with van der Waals surface area (Å²) < 4.78 is 0. The normalized spacial score (nSPS) is 10.3. The predicted molar refractivity (Wildman–Crippen MR) is 91.0 cm³/mol. The molecule has 0 saturated heterocycles. The molecule has 0 spiro atoms. The number of carbonyl (C=O) groups excluding carboxylic acids is 1. The van der Waals surface area contributed by atoms with E-state index in [-0.39, 0.29) is 5.91 Å². The molecule has 0 aliphatic rings. The van der Waals surface area contributed by atoms with E-state index >= 15 is 0 Å². The Hall–Kier alpha value is -3.01. The van der Waals surface area contributed by atoms with Gasteiger partial charge < -0.3 is 5.32 Å². The van der Waals surface area contributed by atoms with Crippen LogP contribution in [0.25, 0.3) is 11.3 Å². The van der Waals surface area contributed by atoms with Gasteiger partial charge in [0, 0.05) is 17.4 Å². The molecule has 4 heteroatoms. The Morgan fingerprint density at radius 1 is 1.00 bits per heavy atom. The highest BCUT2D eigenvalue weighted by Gasteiger charge is 2.05. The lowest BCUT2D eigenvalue weighted by Crippen LogP contribution is -2.14. The van der Waals surface area contributed by atoms with E-state index in [1.54, 1.807) is 6.20 Å². The molecule has 2 aromatic carbocycles. The van der Waals surface area contributed by atoms with Crippen LogP contribution in [0.1, 0.15) is 11.4 Å². The van der Waals surface area contributed by atoms with Crippen LogP contribution >= 0.6 is 0 Å². The van der Waals surface area contributed by atoms with Gasteiger partial charge in [0.05, 0.1) is 12.1 Å². The van der Waals surface area contributed by atoms with Gasteiger partial charge in [0.2, 0.25) is 5.91 Å². The van der Waals surface area contributed by atoms with Crippen molar-refractivity contribution in [1.82, 2.24) is 9.97 Å². The largest absolute Gasteiger partial charge is 0.326 e. The lowest BCUT2D eigenvalue weighted by Gasteiger charge is -2.07. The zero-order chi connectivity index (χ0) is 16.1. The van der Waals surface area contributed by atoms with Crippen LogP contribution in [0.3, 0.4) is 0 Å². The van der Waals surface area contributed by atoms with Crippen molar-refractivity contribution in [3.63, 3.8) is 0 Å². The minimum atomic E-state index is -0.0261. The number of nitrogens with one attached hydrogen (secondary N) is 1. The first-order chi connectivity index (χ1) is 11.2. The fourth-order valence-electron chi connectivity index (χ4n) is 2.33. The summed E-state index contributed by atoms with van der Waals surface area (Å²) in [7, 11) is 0. The summed E-state index contributed by atoms with van der Waals surface area (Å²) in [5.74, 6) is 0.713. The second-order valence-electron chi connectivity index (χ2n) is 5.28. The lowest BCUT2D eigenvalue weighted by molar-refractivity contribution is -0.115. The van der Waals surface area contributed by atoms with Gasteiger partial charge in [0.1, 0.15) is 5.82 Å². The van der Waals surface area contributed by atoms with E-state index in [1.165, 1.54) is 0 Å². The average molecular weight is 303 g/mol. The molecule has 114 valence electrons. The Balaban J connectivity index is 1.67. The molecule has 4 nitrogen and oxygen atoms in total. The number of rotatable bonds is 4. The molecule has 0 aliphatic heterocycles. The summed E-state index contributed by atoms with van der Waals surface area (Å²) in [6, 6.07) is 19.2. The molecule has 3 rings (SSSR count). The molecule has 1 N–H and O–H groups in total. The Morgan fingerprint density at radius 3 is 2.43 bits per heavy atom. The minimum absolute atomic E-state index is 0.0261. The van der Waals surface area contributed by atoms with Gasteiger partial charge in [-0.3, -0.25) is 4.79 Å². The third-order valence-electron chi connectivity index (χ3n) is 3.45. The van der Waals surface area contributed by atoms with Crippen LogP contribution in [0.15, 0.2) is 66.9 Å². The maximum atomic E-state index is 12.0. The summed E-state index contributed by atoms with van der Waals surface area (Å²) in [5, 5.41) is 2.91. The van der Waals surface area contributed by atoms with Crippen molar-refractivity contribution in [2.24, 2.45) is 0 Å². The van der Waals surface area contributed by atoms with Crippen molar-refractivity contribution in [2.75, 3.05) is 5.32 Å². The first kappa shape index (κ1) is 14.9. The van der Waals surface area contributed by atoms with E-state index in [2.05, 4.69) is 15.3 Å². The fraction of sp³-hybridized carbons (Fsp3) is 0.105. The number of benzene rings is 2. The van der Waals surface area contributed by atoms with Crippen molar-refractivity contribution >= 4 is 11.6 Å². The molecule has 0 atom stereocenters. The van der Waals surface area contributed by atoms with Crippen LogP contribution < -0.4 is 5.32 Å².